The summed E-state index contributed by atoms with van der Waals surface area (Å²) < 4.78 is 1.35. The van der Waals surface area contributed by atoms with Crippen LogP contribution in [0.25, 0.3) is 11.3 Å². The molecule has 1 heterocycles. The number of hydrogen-bond donors (Lipinski definition) is 1. The van der Waals surface area contributed by atoms with E-state index in [-0.39, 0.29) is 24.4 Å². The lowest BCUT2D eigenvalue weighted by molar-refractivity contribution is -0.121. The average molecular weight is 328 g/mol. The number of amides is 1. The zero-order chi connectivity index (χ0) is 17.5. The summed E-state index contributed by atoms with van der Waals surface area (Å²) >= 11 is 0. The van der Waals surface area contributed by atoms with E-state index in [0.29, 0.717) is 6.54 Å². The van der Waals surface area contributed by atoms with Gasteiger partial charge in [0.15, 0.2) is 0 Å². The Kier molecular flexibility index (Phi) is 6.26. The summed E-state index contributed by atoms with van der Waals surface area (Å²) in [4.78, 5) is 25.8. The van der Waals surface area contributed by atoms with Crippen LogP contribution in [0, 0.1) is 6.92 Å². The lowest BCUT2D eigenvalue weighted by Crippen LogP contribution is -2.33. The predicted octanol–water partition coefficient (Wildman–Crippen LogP) is 1.29. The zero-order valence-electron chi connectivity index (χ0n) is 14.5. The zero-order valence-corrected chi connectivity index (χ0v) is 14.5. The average Bonchev–Trinajstić information content (AvgIpc) is 2.54. The highest BCUT2D eigenvalue weighted by atomic mass is 16.2. The van der Waals surface area contributed by atoms with Gasteiger partial charge in [-0.05, 0) is 27.1 Å². The van der Waals surface area contributed by atoms with Crippen LogP contribution in [0.4, 0.5) is 0 Å². The molecule has 0 bridgehead atoms. The fraction of sp³-hybridized carbons (Fsp3) is 0.389. The maximum atomic E-state index is 11.9. The first kappa shape index (κ1) is 17.9. The highest BCUT2D eigenvalue weighted by Crippen LogP contribution is 2.15. The molecule has 0 aliphatic carbocycles. The van der Waals surface area contributed by atoms with Gasteiger partial charge in [0.1, 0.15) is 0 Å². The second-order valence-corrected chi connectivity index (χ2v) is 6.05. The van der Waals surface area contributed by atoms with Gasteiger partial charge in [-0.1, -0.05) is 29.8 Å². The van der Waals surface area contributed by atoms with Gasteiger partial charge in [0.2, 0.25) is 5.91 Å². The Morgan fingerprint density at radius 2 is 1.88 bits per heavy atom. The summed E-state index contributed by atoms with van der Waals surface area (Å²) in [5, 5.41) is 7.20. The molecule has 0 spiro atoms. The molecule has 0 saturated heterocycles. The maximum Gasteiger partial charge on any atom is 0.266 e. The van der Waals surface area contributed by atoms with Crippen molar-refractivity contribution in [2.75, 3.05) is 27.2 Å². The number of aromatic nitrogens is 2. The lowest BCUT2D eigenvalue weighted by Gasteiger charge is -2.11. The van der Waals surface area contributed by atoms with E-state index in [1.165, 1.54) is 16.3 Å². The van der Waals surface area contributed by atoms with Crippen molar-refractivity contribution >= 4 is 5.91 Å². The standard InChI is InChI=1S/C18H24N4O2/c1-14-4-6-15(7-5-14)16-8-9-18(24)22(20-16)12-10-17(23)19-11-13-21(2)3/h4-9H,10-13H2,1-3H3,(H,19,23). The minimum atomic E-state index is -0.202. The number of rotatable bonds is 7. The molecule has 0 atom stereocenters. The fourth-order valence-electron chi connectivity index (χ4n) is 2.20. The van der Waals surface area contributed by atoms with E-state index in [2.05, 4.69) is 10.4 Å². The Hall–Kier alpha value is -2.47. The van der Waals surface area contributed by atoms with E-state index in [0.717, 1.165) is 17.8 Å². The molecule has 0 aliphatic heterocycles. The molecule has 0 aliphatic rings. The van der Waals surface area contributed by atoms with Gasteiger partial charge in [-0.25, -0.2) is 4.68 Å². The van der Waals surface area contributed by atoms with Gasteiger partial charge < -0.3 is 10.2 Å². The first-order valence-corrected chi connectivity index (χ1v) is 8.02. The first-order valence-electron chi connectivity index (χ1n) is 8.02. The molecule has 0 fully saturated rings. The van der Waals surface area contributed by atoms with Gasteiger partial charge in [-0.2, -0.15) is 5.10 Å². The Morgan fingerprint density at radius 1 is 1.17 bits per heavy atom. The molecule has 0 radical (unpaired) electrons. The Bertz CT molecular complexity index is 735. The topological polar surface area (TPSA) is 67.2 Å². The van der Waals surface area contributed by atoms with E-state index in [1.807, 2.05) is 50.2 Å². The van der Waals surface area contributed by atoms with Gasteiger partial charge in [0.25, 0.3) is 5.56 Å². The molecule has 6 nitrogen and oxygen atoms in total. The number of likely N-dealkylation sites (N-methyl/N-ethyl adjacent to an activating group) is 1. The lowest BCUT2D eigenvalue weighted by atomic mass is 10.1. The summed E-state index contributed by atoms with van der Waals surface area (Å²) in [6.45, 7) is 3.67. The molecule has 0 unspecified atom stereocenters. The molecule has 6 heteroatoms. The summed E-state index contributed by atoms with van der Waals surface area (Å²) in [6.07, 6.45) is 0.234. The SMILES string of the molecule is Cc1ccc(-c2ccc(=O)n(CCC(=O)NCCN(C)C)n2)cc1. The van der Waals surface area contributed by atoms with Crippen LogP contribution in [0.5, 0.6) is 0 Å². The van der Waals surface area contributed by atoms with Gasteiger partial charge in [0, 0.05) is 31.1 Å². The third-order valence-corrected chi connectivity index (χ3v) is 3.65. The van der Waals surface area contributed by atoms with Gasteiger partial charge in [-0.3, -0.25) is 9.59 Å². The summed E-state index contributed by atoms with van der Waals surface area (Å²) in [7, 11) is 3.90. The summed E-state index contributed by atoms with van der Waals surface area (Å²) in [5.74, 6) is -0.0775. The van der Waals surface area contributed by atoms with Crippen LogP contribution < -0.4 is 10.9 Å². The van der Waals surface area contributed by atoms with Crippen molar-refractivity contribution in [2.45, 2.75) is 19.9 Å². The van der Waals surface area contributed by atoms with Crippen LogP contribution in [-0.2, 0) is 11.3 Å². The molecule has 1 aromatic carbocycles. The smallest absolute Gasteiger partial charge is 0.266 e. The highest BCUT2D eigenvalue weighted by Gasteiger charge is 2.06. The summed E-state index contributed by atoms with van der Waals surface area (Å²) in [5.41, 5.74) is 2.64. The maximum absolute atomic E-state index is 11.9. The van der Waals surface area contributed by atoms with Crippen molar-refractivity contribution in [1.82, 2.24) is 20.0 Å². The van der Waals surface area contributed by atoms with Gasteiger partial charge in [0.05, 0.1) is 12.2 Å². The summed E-state index contributed by atoms with van der Waals surface area (Å²) in [6, 6.07) is 11.2. The Morgan fingerprint density at radius 3 is 2.54 bits per heavy atom. The third-order valence-electron chi connectivity index (χ3n) is 3.65. The minimum absolute atomic E-state index is 0.0775. The number of aryl methyl sites for hydroxylation is 2. The second kappa shape index (κ2) is 8.40. The predicted molar refractivity (Wildman–Crippen MR) is 94.9 cm³/mol. The van der Waals surface area contributed by atoms with E-state index in [4.69, 9.17) is 0 Å². The van der Waals surface area contributed by atoms with E-state index in [1.54, 1.807) is 6.07 Å². The van der Waals surface area contributed by atoms with Crippen LogP contribution in [0.1, 0.15) is 12.0 Å². The quantitative estimate of drug-likeness (QED) is 0.831. The third kappa shape index (κ3) is 5.31. The molecule has 2 rings (SSSR count). The molecule has 1 N–H and O–H groups in total. The van der Waals surface area contributed by atoms with Crippen LogP contribution in [0.3, 0.4) is 0 Å². The molecule has 2 aromatic rings. The van der Waals surface area contributed by atoms with E-state index < -0.39 is 0 Å². The number of carbonyl (C=O) groups excluding carboxylic acids is 1. The number of nitrogens with zero attached hydrogens (tertiary/aromatic N) is 3. The van der Waals surface area contributed by atoms with Gasteiger partial charge in [-0.15, -0.1) is 0 Å². The van der Waals surface area contributed by atoms with Crippen molar-refractivity contribution in [3.05, 3.63) is 52.3 Å². The minimum Gasteiger partial charge on any atom is -0.355 e. The largest absolute Gasteiger partial charge is 0.355 e. The Labute approximate surface area is 142 Å². The van der Waals surface area contributed by atoms with Crippen LogP contribution >= 0.6 is 0 Å². The highest BCUT2D eigenvalue weighted by molar-refractivity contribution is 5.75. The number of carbonyl (C=O) groups is 1. The van der Waals surface area contributed by atoms with Crippen LogP contribution in [-0.4, -0.2) is 47.8 Å². The van der Waals surface area contributed by atoms with Crippen molar-refractivity contribution in [2.24, 2.45) is 0 Å². The fourth-order valence-corrected chi connectivity index (χ4v) is 2.20. The molecule has 1 aromatic heterocycles. The van der Waals surface area contributed by atoms with Gasteiger partial charge >= 0.3 is 0 Å². The normalized spacial score (nSPS) is 10.8. The molecule has 24 heavy (non-hydrogen) atoms. The number of benzene rings is 1. The van der Waals surface area contributed by atoms with E-state index in [9.17, 15) is 9.59 Å². The van der Waals surface area contributed by atoms with Crippen molar-refractivity contribution < 1.29 is 4.79 Å². The van der Waals surface area contributed by atoms with Crippen molar-refractivity contribution in [3.8, 4) is 11.3 Å². The molecular formula is C18H24N4O2. The monoisotopic (exact) mass is 328 g/mol. The molecular weight excluding hydrogens is 304 g/mol. The van der Waals surface area contributed by atoms with Crippen molar-refractivity contribution in [3.63, 3.8) is 0 Å². The molecule has 1 amide bonds. The second-order valence-electron chi connectivity index (χ2n) is 6.05. The number of nitrogens with one attached hydrogen (secondary N) is 1. The molecule has 128 valence electrons. The van der Waals surface area contributed by atoms with E-state index >= 15 is 0 Å². The number of hydrogen-bond acceptors (Lipinski definition) is 4. The van der Waals surface area contributed by atoms with Crippen LogP contribution in [0.2, 0.25) is 0 Å². The first-order chi connectivity index (χ1) is 11.5. The van der Waals surface area contributed by atoms with Crippen molar-refractivity contribution in [1.29, 1.82) is 0 Å². The van der Waals surface area contributed by atoms with Crippen LogP contribution in [0.15, 0.2) is 41.2 Å². The molecule has 0 saturated carbocycles. The Balaban J connectivity index is 2.00.